The Morgan fingerprint density at radius 1 is 1.28 bits per heavy atom. The van der Waals surface area contributed by atoms with Gasteiger partial charge in [-0.15, -0.1) is 0 Å². The van der Waals surface area contributed by atoms with Crippen LogP contribution in [0.3, 0.4) is 0 Å². The Kier molecular flexibility index (Phi) is 4.48. The Labute approximate surface area is 142 Å². The second-order valence-electron chi connectivity index (χ2n) is 5.18. The van der Waals surface area contributed by atoms with Gasteiger partial charge in [0, 0.05) is 11.6 Å². The van der Waals surface area contributed by atoms with Crippen LogP contribution in [0.2, 0.25) is 0 Å². The Morgan fingerprint density at radius 2 is 2.08 bits per heavy atom. The number of ether oxygens (including phenoxy) is 1. The van der Waals surface area contributed by atoms with Crippen LogP contribution in [-0.2, 0) is 9.53 Å². The molecule has 0 spiro atoms. The SMILES string of the molecule is CCOC(=O)/C(C#N)=C\Nc1cc2c(ccc3ccccc32)oc1=O. The molecule has 1 N–H and O–H groups in total. The molecule has 0 fully saturated rings. The van der Waals surface area contributed by atoms with Crippen molar-refractivity contribution in [2.75, 3.05) is 11.9 Å². The largest absolute Gasteiger partial charge is 0.462 e. The first-order chi connectivity index (χ1) is 12.1. The molecule has 2 aromatic carbocycles. The molecule has 0 radical (unpaired) electrons. The van der Waals surface area contributed by atoms with Crippen molar-refractivity contribution in [3.8, 4) is 6.07 Å². The lowest BCUT2D eigenvalue weighted by Gasteiger charge is -2.06. The van der Waals surface area contributed by atoms with Crippen LogP contribution < -0.4 is 10.9 Å². The minimum absolute atomic E-state index is 0.126. The summed E-state index contributed by atoms with van der Waals surface area (Å²) in [7, 11) is 0. The van der Waals surface area contributed by atoms with E-state index in [1.807, 2.05) is 30.3 Å². The number of nitriles is 1. The molecule has 0 unspecified atom stereocenters. The van der Waals surface area contributed by atoms with Crippen LogP contribution in [0.25, 0.3) is 21.7 Å². The van der Waals surface area contributed by atoms with Crippen LogP contribution in [0.4, 0.5) is 5.69 Å². The minimum atomic E-state index is -0.756. The number of nitrogens with zero attached hydrogens (tertiary/aromatic N) is 1. The Bertz CT molecular complexity index is 1090. The van der Waals surface area contributed by atoms with Crippen molar-refractivity contribution in [1.82, 2.24) is 0 Å². The van der Waals surface area contributed by atoms with Crippen LogP contribution in [0.15, 0.2) is 63.4 Å². The number of nitrogens with one attached hydrogen (secondary N) is 1. The fourth-order valence-corrected chi connectivity index (χ4v) is 2.47. The number of rotatable bonds is 4. The smallest absolute Gasteiger partial charge is 0.360 e. The summed E-state index contributed by atoms with van der Waals surface area (Å²) in [6.45, 7) is 1.80. The second-order valence-corrected chi connectivity index (χ2v) is 5.18. The average Bonchev–Trinajstić information content (AvgIpc) is 2.62. The molecule has 0 amide bonds. The highest BCUT2D eigenvalue weighted by Gasteiger charge is 2.11. The van der Waals surface area contributed by atoms with E-state index in [1.165, 1.54) is 0 Å². The van der Waals surface area contributed by atoms with Gasteiger partial charge in [-0.2, -0.15) is 5.26 Å². The lowest BCUT2D eigenvalue weighted by Crippen LogP contribution is -2.10. The van der Waals surface area contributed by atoms with Gasteiger partial charge in [0.15, 0.2) is 5.57 Å². The minimum Gasteiger partial charge on any atom is -0.462 e. The maximum atomic E-state index is 12.1. The van der Waals surface area contributed by atoms with E-state index in [0.717, 1.165) is 22.4 Å². The lowest BCUT2D eigenvalue weighted by atomic mass is 10.1. The second kappa shape index (κ2) is 6.89. The van der Waals surface area contributed by atoms with Crippen molar-refractivity contribution in [1.29, 1.82) is 5.26 Å². The Hall–Kier alpha value is -3.59. The quantitative estimate of drug-likeness (QED) is 0.259. The number of carbonyl (C=O) groups is 1. The molecule has 3 aromatic rings. The first-order valence-electron chi connectivity index (χ1n) is 7.63. The predicted octanol–water partition coefficient (Wildman–Crippen LogP) is 3.33. The number of esters is 1. The topological polar surface area (TPSA) is 92.3 Å². The van der Waals surface area contributed by atoms with E-state index in [-0.39, 0.29) is 17.9 Å². The molecule has 1 aromatic heterocycles. The molecule has 0 aliphatic heterocycles. The summed E-state index contributed by atoms with van der Waals surface area (Å²) >= 11 is 0. The summed E-state index contributed by atoms with van der Waals surface area (Å²) in [5, 5.41) is 14.4. The number of anilines is 1. The van der Waals surface area contributed by atoms with Gasteiger partial charge in [-0.05, 0) is 29.8 Å². The summed E-state index contributed by atoms with van der Waals surface area (Å²) < 4.78 is 10.1. The van der Waals surface area contributed by atoms with Gasteiger partial charge < -0.3 is 14.5 Å². The first-order valence-corrected chi connectivity index (χ1v) is 7.63. The van der Waals surface area contributed by atoms with Gasteiger partial charge in [0.1, 0.15) is 17.3 Å². The third-order valence-corrected chi connectivity index (χ3v) is 3.63. The molecule has 124 valence electrons. The van der Waals surface area contributed by atoms with Crippen molar-refractivity contribution in [2.45, 2.75) is 6.92 Å². The highest BCUT2D eigenvalue weighted by atomic mass is 16.5. The predicted molar refractivity (Wildman–Crippen MR) is 93.9 cm³/mol. The molecular formula is C19H14N2O4. The van der Waals surface area contributed by atoms with E-state index in [0.29, 0.717) is 5.58 Å². The Morgan fingerprint density at radius 3 is 2.84 bits per heavy atom. The number of fused-ring (bicyclic) bond motifs is 3. The summed E-state index contributed by atoms with van der Waals surface area (Å²) in [5.74, 6) is -0.756. The molecule has 6 nitrogen and oxygen atoms in total. The van der Waals surface area contributed by atoms with Gasteiger partial charge in [0.2, 0.25) is 0 Å². The number of hydrogen-bond donors (Lipinski definition) is 1. The van der Waals surface area contributed by atoms with E-state index in [2.05, 4.69) is 5.32 Å². The number of hydrogen-bond acceptors (Lipinski definition) is 6. The Balaban J connectivity index is 2.06. The third kappa shape index (κ3) is 3.21. The van der Waals surface area contributed by atoms with Gasteiger partial charge in [0.25, 0.3) is 0 Å². The van der Waals surface area contributed by atoms with Gasteiger partial charge in [-0.25, -0.2) is 9.59 Å². The van der Waals surface area contributed by atoms with Crippen molar-refractivity contribution >= 4 is 33.4 Å². The summed E-state index contributed by atoms with van der Waals surface area (Å²) in [6.07, 6.45) is 1.14. The zero-order valence-corrected chi connectivity index (χ0v) is 13.4. The van der Waals surface area contributed by atoms with E-state index in [1.54, 1.807) is 25.1 Å². The van der Waals surface area contributed by atoms with Crippen LogP contribution in [0, 0.1) is 11.3 Å². The monoisotopic (exact) mass is 334 g/mol. The zero-order valence-electron chi connectivity index (χ0n) is 13.4. The summed E-state index contributed by atoms with van der Waals surface area (Å²) in [5.41, 5.74) is -0.246. The van der Waals surface area contributed by atoms with Gasteiger partial charge in [0.05, 0.1) is 6.61 Å². The van der Waals surface area contributed by atoms with E-state index >= 15 is 0 Å². The molecule has 0 saturated carbocycles. The van der Waals surface area contributed by atoms with Gasteiger partial charge in [-0.1, -0.05) is 30.3 Å². The highest BCUT2D eigenvalue weighted by molar-refractivity contribution is 6.06. The third-order valence-electron chi connectivity index (χ3n) is 3.63. The van der Waals surface area contributed by atoms with E-state index in [4.69, 9.17) is 14.4 Å². The average molecular weight is 334 g/mol. The summed E-state index contributed by atoms with van der Waals surface area (Å²) in [6, 6.07) is 14.7. The number of carbonyl (C=O) groups excluding carboxylic acids is 1. The summed E-state index contributed by atoms with van der Waals surface area (Å²) in [4.78, 5) is 23.7. The van der Waals surface area contributed by atoms with Crippen molar-refractivity contribution in [3.05, 3.63) is 64.7 Å². The molecule has 0 aliphatic rings. The zero-order chi connectivity index (χ0) is 17.8. The molecule has 25 heavy (non-hydrogen) atoms. The van der Waals surface area contributed by atoms with Crippen LogP contribution in [0.1, 0.15) is 6.92 Å². The van der Waals surface area contributed by atoms with Gasteiger partial charge in [-0.3, -0.25) is 0 Å². The standard InChI is InChI=1S/C19H14N2O4/c1-2-24-18(22)13(10-20)11-21-16-9-15-14-6-4-3-5-12(14)7-8-17(15)25-19(16)23/h3-9,11,21H,2H2,1H3/b13-11-. The first kappa shape index (κ1) is 16.3. The molecule has 0 atom stereocenters. The molecule has 6 heteroatoms. The molecule has 0 saturated heterocycles. The fraction of sp³-hybridized carbons (Fsp3) is 0.105. The van der Waals surface area contributed by atoms with Gasteiger partial charge >= 0.3 is 11.6 Å². The normalized spacial score (nSPS) is 11.3. The number of benzene rings is 2. The van der Waals surface area contributed by atoms with Crippen LogP contribution in [-0.4, -0.2) is 12.6 Å². The van der Waals surface area contributed by atoms with E-state index < -0.39 is 11.6 Å². The van der Waals surface area contributed by atoms with E-state index in [9.17, 15) is 9.59 Å². The maximum absolute atomic E-state index is 12.1. The van der Waals surface area contributed by atoms with Crippen LogP contribution in [0.5, 0.6) is 0 Å². The molecule has 3 rings (SSSR count). The van der Waals surface area contributed by atoms with Crippen molar-refractivity contribution < 1.29 is 13.9 Å². The molecule has 0 aliphatic carbocycles. The highest BCUT2D eigenvalue weighted by Crippen LogP contribution is 2.26. The van der Waals surface area contributed by atoms with Crippen LogP contribution >= 0.6 is 0 Å². The lowest BCUT2D eigenvalue weighted by molar-refractivity contribution is -0.138. The fourth-order valence-electron chi connectivity index (χ4n) is 2.47. The molecule has 1 heterocycles. The molecular weight excluding hydrogens is 320 g/mol. The van der Waals surface area contributed by atoms with Crippen molar-refractivity contribution in [3.63, 3.8) is 0 Å². The maximum Gasteiger partial charge on any atom is 0.360 e. The van der Waals surface area contributed by atoms with Crippen molar-refractivity contribution in [2.24, 2.45) is 0 Å². The molecule has 0 bridgehead atoms.